The first kappa shape index (κ1) is 10.7. The summed E-state index contributed by atoms with van der Waals surface area (Å²) in [6.07, 6.45) is 0. The van der Waals surface area contributed by atoms with Crippen LogP contribution in [0.15, 0.2) is 24.3 Å². The van der Waals surface area contributed by atoms with Crippen molar-refractivity contribution in [3.8, 4) is 5.69 Å². The van der Waals surface area contributed by atoms with Gasteiger partial charge in [0, 0.05) is 0 Å². The molecule has 0 fully saturated rings. The molecule has 1 aliphatic heterocycles. The average Bonchev–Trinajstić information content (AvgIpc) is 2.67. The number of nitrogens with one attached hydrogen (secondary N) is 2. The number of amides is 1. The van der Waals surface area contributed by atoms with Gasteiger partial charge in [-0.15, -0.1) is 5.10 Å². The van der Waals surface area contributed by atoms with Crippen LogP contribution in [-0.4, -0.2) is 26.0 Å². The third-order valence-electron chi connectivity index (χ3n) is 2.52. The van der Waals surface area contributed by atoms with Crippen molar-refractivity contribution in [3.05, 3.63) is 30.0 Å². The summed E-state index contributed by atoms with van der Waals surface area (Å²) in [5.41, 5.74) is 6.80. The predicted octanol–water partition coefficient (Wildman–Crippen LogP) is 0.488. The van der Waals surface area contributed by atoms with Crippen LogP contribution in [0.3, 0.4) is 0 Å². The Labute approximate surface area is 107 Å². The molecule has 7 nitrogen and oxygen atoms in total. The number of anilines is 2. The molecule has 1 aromatic heterocycles. The second-order valence-corrected chi connectivity index (χ2v) is 4.07. The zero-order chi connectivity index (χ0) is 12.7. The molecule has 3 rings (SSSR count). The van der Waals surface area contributed by atoms with Crippen LogP contribution < -0.4 is 16.4 Å². The van der Waals surface area contributed by atoms with Gasteiger partial charge in [0.25, 0.3) is 5.91 Å². The summed E-state index contributed by atoms with van der Waals surface area (Å²) in [7, 11) is 0. The second-order valence-electron chi connectivity index (χ2n) is 3.66. The Balaban J connectivity index is 2.28. The van der Waals surface area contributed by atoms with Crippen LogP contribution in [-0.2, 0) is 0 Å². The lowest BCUT2D eigenvalue weighted by molar-refractivity contribution is 0.0996. The Morgan fingerprint density at radius 3 is 2.89 bits per heavy atom. The summed E-state index contributed by atoms with van der Waals surface area (Å²) >= 11 is 5.11. The van der Waals surface area contributed by atoms with E-state index in [2.05, 4.69) is 20.9 Å². The fraction of sp³-hybridized carbons (Fsp3) is 0. The largest absolute Gasteiger partial charge is 0.364 e. The predicted molar refractivity (Wildman–Crippen MR) is 69.7 cm³/mol. The van der Waals surface area contributed by atoms with E-state index in [1.54, 1.807) is 0 Å². The highest BCUT2D eigenvalue weighted by Crippen LogP contribution is 2.27. The lowest BCUT2D eigenvalue weighted by atomic mass is 10.2. The molecule has 0 saturated heterocycles. The van der Waals surface area contributed by atoms with Gasteiger partial charge in [-0.2, -0.15) is 4.68 Å². The lowest BCUT2D eigenvalue weighted by Gasteiger charge is -2.05. The lowest BCUT2D eigenvalue weighted by Crippen LogP contribution is -2.21. The molecule has 2 aromatic rings. The van der Waals surface area contributed by atoms with Crippen LogP contribution in [0.2, 0.25) is 0 Å². The number of thiocarbonyl (C=S) groups is 1. The van der Waals surface area contributed by atoms with Crippen LogP contribution in [0.1, 0.15) is 10.5 Å². The SMILES string of the molecule is NC(=O)c1nnn2c1NC(=S)Nc1ccccc1-2. The van der Waals surface area contributed by atoms with Gasteiger partial charge in [0.1, 0.15) is 0 Å². The number of fused-ring (bicyclic) bond motifs is 3. The first-order chi connectivity index (χ1) is 8.66. The molecule has 1 amide bonds. The normalized spacial score (nSPS) is 12.8. The van der Waals surface area contributed by atoms with E-state index in [1.807, 2.05) is 24.3 Å². The van der Waals surface area contributed by atoms with Crippen molar-refractivity contribution in [1.82, 2.24) is 15.0 Å². The Morgan fingerprint density at radius 2 is 2.11 bits per heavy atom. The Hall–Kier alpha value is -2.48. The summed E-state index contributed by atoms with van der Waals surface area (Å²) in [6.45, 7) is 0. The van der Waals surface area contributed by atoms with Crippen molar-refractivity contribution in [2.45, 2.75) is 0 Å². The fourth-order valence-electron chi connectivity index (χ4n) is 1.75. The minimum atomic E-state index is -0.661. The minimum Gasteiger partial charge on any atom is -0.364 e. The molecule has 2 heterocycles. The molecule has 90 valence electrons. The first-order valence-corrected chi connectivity index (χ1v) is 5.50. The molecule has 1 aliphatic rings. The number of primary amides is 1. The average molecular weight is 260 g/mol. The van der Waals surface area contributed by atoms with Gasteiger partial charge in [-0.3, -0.25) is 4.79 Å². The Bertz CT molecular complexity index is 664. The number of benzene rings is 1. The summed E-state index contributed by atoms with van der Waals surface area (Å²) < 4.78 is 1.49. The number of aromatic nitrogens is 3. The van der Waals surface area contributed by atoms with Crippen molar-refractivity contribution in [2.24, 2.45) is 5.73 Å². The van der Waals surface area contributed by atoms with E-state index in [-0.39, 0.29) is 5.69 Å². The molecular formula is C10H8N6OS. The number of hydrogen-bond donors (Lipinski definition) is 3. The third kappa shape index (κ3) is 1.51. The van der Waals surface area contributed by atoms with Gasteiger partial charge < -0.3 is 16.4 Å². The summed E-state index contributed by atoms with van der Waals surface area (Å²) in [5.74, 6) is -0.295. The van der Waals surface area contributed by atoms with Crippen LogP contribution in [0.25, 0.3) is 5.69 Å². The number of hydrogen-bond acceptors (Lipinski definition) is 4. The standard InChI is InChI=1S/C10H8N6OS/c11-8(17)7-9-13-10(18)12-5-3-1-2-4-6(5)16(9)15-14-7/h1-4H,(H2,11,17)(H2,12,13,18). The molecular weight excluding hydrogens is 252 g/mol. The topological polar surface area (TPSA) is 97.9 Å². The second kappa shape index (κ2) is 3.77. The van der Waals surface area contributed by atoms with E-state index in [0.717, 1.165) is 11.4 Å². The first-order valence-electron chi connectivity index (χ1n) is 5.10. The quantitative estimate of drug-likeness (QED) is 0.645. The zero-order valence-corrected chi connectivity index (χ0v) is 9.86. The number of nitrogens with two attached hydrogens (primary N) is 1. The van der Waals surface area contributed by atoms with E-state index >= 15 is 0 Å². The van der Waals surface area contributed by atoms with Gasteiger partial charge in [0.2, 0.25) is 0 Å². The Morgan fingerprint density at radius 1 is 1.33 bits per heavy atom. The van der Waals surface area contributed by atoms with Crippen molar-refractivity contribution in [1.29, 1.82) is 0 Å². The smallest absolute Gasteiger partial charge is 0.273 e. The summed E-state index contributed by atoms with van der Waals surface area (Å²) in [4.78, 5) is 11.3. The molecule has 0 saturated carbocycles. The maximum absolute atomic E-state index is 11.3. The number of rotatable bonds is 1. The van der Waals surface area contributed by atoms with E-state index in [1.165, 1.54) is 4.68 Å². The molecule has 8 heteroatoms. The van der Waals surface area contributed by atoms with Crippen molar-refractivity contribution in [2.75, 3.05) is 10.6 Å². The van der Waals surface area contributed by atoms with Gasteiger partial charge >= 0.3 is 0 Å². The number of para-hydroxylation sites is 2. The van der Waals surface area contributed by atoms with Gasteiger partial charge in [-0.1, -0.05) is 17.3 Å². The molecule has 0 unspecified atom stereocenters. The van der Waals surface area contributed by atoms with Gasteiger partial charge in [0.05, 0.1) is 11.4 Å². The highest BCUT2D eigenvalue weighted by molar-refractivity contribution is 7.80. The molecule has 0 atom stereocenters. The van der Waals surface area contributed by atoms with Gasteiger partial charge in [-0.25, -0.2) is 0 Å². The molecule has 18 heavy (non-hydrogen) atoms. The maximum Gasteiger partial charge on any atom is 0.273 e. The molecule has 0 aliphatic carbocycles. The van der Waals surface area contributed by atoms with Crippen LogP contribution in [0.5, 0.6) is 0 Å². The molecule has 0 spiro atoms. The minimum absolute atomic E-state index is 0.0517. The van der Waals surface area contributed by atoms with E-state index in [9.17, 15) is 4.79 Å². The maximum atomic E-state index is 11.3. The molecule has 0 radical (unpaired) electrons. The van der Waals surface area contributed by atoms with Gasteiger partial charge in [-0.05, 0) is 24.4 Å². The van der Waals surface area contributed by atoms with Gasteiger partial charge in [0.15, 0.2) is 16.6 Å². The van der Waals surface area contributed by atoms with Crippen molar-refractivity contribution in [3.63, 3.8) is 0 Å². The molecule has 4 N–H and O–H groups in total. The van der Waals surface area contributed by atoms with Crippen LogP contribution >= 0.6 is 12.2 Å². The van der Waals surface area contributed by atoms with E-state index in [0.29, 0.717) is 10.9 Å². The third-order valence-corrected chi connectivity index (χ3v) is 2.72. The highest BCUT2D eigenvalue weighted by atomic mass is 32.1. The van der Waals surface area contributed by atoms with Crippen LogP contribution in [0, 0.1) is 0 Å². The molecule has 0 bridgehead atoms. The highest BCUT2D eigenvalue weighted by Gasteiger charge is 2.23. The fourth-order valence-corrected chi connectivity index (χ4v) is 1.96. The van der Waals surface area contributed by atoms with E-state index in [4.69, 9.17) is 18.0 Å². The number of carbonyl (C=O) groups is 1. The number of carbonyl (C=O) groups excluding carboxylic acids is 1. The molecule has 1 aromatic carbocycles. The summed E-state index contributed by atoms with van der Waals surface area (Å²) in [6, 6.07) is 7.40. The number of nitrogens with zero attached hydrogens (tertiary/aromatic N) is 3. The monoisotopic (exact) mass is 260 g/mol. The summed E-state index contributed by atoms with van der Waals surface area (Å²) in [5, 5.41) is 13.9. The Kier molecular flexibility index (Phi) is 2.23. The van der Waals surface area contributed by atoms with Crippen molar-refractivity contribution < 1.29 is 4.79 Å². The van der Waals surface area contributed by atoms with Crippen LogP contribution in [0.4, 0.5) is 11.5 Å². The van der Waals surface area contributed by atoms with E-state index < -0.39 is 5.91 Å². The zero-order valence-electron chi connectivity index (χ0n) is 9.04. The van der Waals surface area contributed by atoms with Crippen molar-refractivity contribution >= 4 is 34.7 Å².